The maximum atomic E-state index is 12.0. The van der Waals surface area contributed by atoms with Crippen molar-refractivity contribution in [1.82, 2.24) is 15.5 Å². The van der Waals surface area contributed by atoms with E-state index in [0.717, 1.165) is 32.6 Å². The highest BCUT2D eigenvalue weighted by Crippen LogP contribution is 2.22. The Morgan fingerprint density at radius 3 is 2.47 bits per heavy atom. The molecule has 0 saturated carbocycles. The van der Waals surface area contributed by atoms with Crippen LogP contribution in [-0.2, 0) is 9.59 Å². The molecule has 1 saturated heterocycles. The molecule has 0 aliphatic carbocycles. The van der Waals surface area contributed by atoms with Gasteiger partial charge in [-0.15, -0.1) is 0 Å². The second kappa shape index (κ2) is 5.38. The lowest BCUT2D eigenvalue weighted by molar-refractivity contribution is -0.139. The maximum absolute atomic E-state index is 12.0. The normalized spacial score (nSPS) is 25.7. The molecule has 0 spiro atoms. The Hall–Kier alpha value is -1.27. The van der Waals surface area contributed by atoms with E-state index in [1.807, 2.05) is 6.92 Å². The summed E-state index contributed by atoms with van der Waals surface area (Å²) in [6.07, 6.45) is 0.826. The Labute approximate surface area is 113 Å². The van der Waals surface area contributed by atoms with Crippen molar-refractivity contribution >= 4 is 17.6 Å². The number of nitrogens with one attached hydrogen (secondary N) is 2. The molecule has 19 heavy (non-hydrogen) atoms. The Kier molecular flexibility index (Phi) is 4.01. The van der Waals surface area contributed by atoms with Crippen LogP contribution >= 0.6 is 0 Å². The Balaban J connectivity index is 2.19. The fourth-order valence-electron chi connectivity index (χ4n) is 2.42. The van der Waals surface area contributed by atoms with E-state index in [9.17, 15) is 9.59 Å². The van der Waals surface area contributed by atoms with Gasteiger partial charge in [-0.05, 0) is 20.3 Å². The molecule has 0 aromatic heterocycles. The van der Waals surface area contributed by atoms with Crippen molar-refractivity contribution in [3.63, 3.8) is 0 Å². The van der Waals surface area contributed by atoms with E-state index in [2.05, 4.69) is 20.5 Å². The Bertz CT molecular complexity index is 411. The third kappa shape index (κ3) is 2.69. The van der Waals surface area contributed by atoms with E-state index in [-0.39, 0.29) is 17.9 Å². The quantitative estimate of drug-likeness (QED) is 0.691. The Morgan fingerprint density at radius 1 is 1.32 bits per heavy atom. The minimum absolute atomic E-state index is 0.0195. The molecule has 1 unspecified atom stereocenters. The van der Waals surface area contributed by atoms with Gasteiger partial charge in [0.2, 0.25) is 5.91 Å². The molecule has 2 amide bonds. The van der Waals surface area contributed by atoms with Crippen LogP contribution in [0.1, 0.15) is 27.2 Å². The molecule has 2 N–H and O–H groups in total. The average molecular weight is 266 g/mol. The van der Waals surface area contributed by atoms with E-state index in [1.165, 1.54) is 0 Å². The highest BCUT2D eigenvalue weighted by molar-refractivity contribution is 6.19. The van der Waals surface area contributed by atoms with Crippen molar-refractivity contribution < 1.29 is 9.59 Å². The average Bonchev–Trinajstić information content (AvgIpc) is 2.39. The lowest BCUT2D eigenvalue weighted by Crippen LogP contribution is -2.58. The van der Waals surface area contributed by atoms with Crippen LogP contribution in [0.3, 0.4) is 0 Å². The first-order valence-electron chi connectivity index (χ1n) is 6.86. The van der Waals surface area contributed by atoms with Crippen LogP contribution in [0.25, 0.3) is 0 Å². The van der Waals surface area contributed by atoms with Gasteiger partial charge in [0.1, 0.15) is 11.3 Å². The molecular formula is C13H22N4O2. The minimum atomic E-state index is -1.05. The zero-order valence-electron chi connectivity index (χ0n) is 11.8. The fourth-order valence-corrected chi connectivity index (χ4v) is 2.42. The smallest absolute Gasteiger partial charge is 0.262 e. The van der Waals surface area contributed by atoms with Gasteiger partial charge in [-0.3, -0.25) is 14.5 Å². The van der Waals surface area contributed by atoms with Gasteiger partial charge in [-0.1, -0.05) is 6.92 Å². The van der Waals surface area contributed by atoms with Gasteiger partial charge >= 0.3 is 0 Å². The summed E-state index contributed by atoms with van der Waals surface area (Å²) in [5.41, 5.74) is -1.05. The molecule has 1 atom stereocenters. The molecule has 2 heterocycles. The highest BCUT2D eigenvalue weighted by atomic mass is 16.2. The summed E-state index contributed by atoms with van der Waals surface area (Å²) >= 11 is 0. The third-order valence-electron chi connectivity index (χ3n) is 3.86. The predicted molar refractivity (Wildman–Crippen MR) is 72.9 cm³/mol. The van der Waals surface area contributed by atoms with Gasteiger partial charge in [0, 0.05) is 26.2 Å². The molecule has 2 aliphatic rings. The number of aliphatic imine (C=N–C) groups is 1. The lowest BCUT2D eigenvalue weighted by Gasteiger charge is -2.37. The SMILES string of the molecule is CCC(C1=NC(=O)C(C)(C)C(=O)N1)N1CCNCC1. The van der Waals surface area contributed by atoms with Crippen LogP contribution < -0.4 is 10.6 Å². The van der Waals surface area contributed by atoms with E-state index in [0.29, 0.717) is 5.84 Å². The van der Waals surface area contributed by atoms with Crippen molar-refractivity contribution in [3.05, 3.63) is 0 Å². The Morgan fingerprint density at radius 2 is 1.95 bits per heavy atom. The highest BCUT2D eigenvalue weighted by Gasteiger charge is 2.42. The van der Waals surface area contributed by atoms with Crippen molar-refractivity contribution in [2.45, 2.75) is 33.2 Å². The van der Waals surface area contributed by atoms with Crippen LogP contribution in [-0.4, -0.2) is 54.8 Å². The number of carbonyl (C=O) groups excluding carboxylic acids is 2. The molecule has 0 aromatic rings. The van der Waals surface area contributed by atoms with Crippen LogP contribution in [0.4, 0.5) is 0 Å². The second-order valence-electron chi connectivity index (χ2n) is 5.59. The van der Waals surface area contributed by atoms with Gasteiger partial charge in [0.25, 0.3) is 5.91 Å². The number of rotatable bonds is 3. The standard InChI is InChI=1S/C13H22N4O2/c1-4-9(17-7-5-14-6-8-17)10-15-11(18)13(2,3)12(19)16-10/h9,14H,4-8H2,1-3H3,(H,15,16,18,19). The molecule has 106 valence electrons. The number of amides is 2. The number of hydrogen-bond donors (Lipinski definition) is 2. The van der Waals surface area contributed by atoms with Crippen molar-refractivity contribution in [2.24, 2.45) is 10.4 Å². The topological polar surface area (TPSA) is 73.8 Å². The van der Waals surface area contributed by atoms with Crippen molar-refractivity contribution in [2.75, 3.05) is 26.2 Å². The number of hydrogen-bond acceptors (Lipinski definition) is 4. The van der Waals surface area contributed by atoms with Crippen molar-refractivity contribution in [1.29, 1.82) is 0 Å². The largest absolute Gasteiger partial charge is 0.314 e. The molecular weight excluding hydrogens is 244 g/mol. The van der Waals surface area contributed by atoms with E-state index >= 15 is 0 Å². The van der Waals surface area contributed by atoms with Crippen LogP contribution in [0.2, 0.25) is 0 Å². The fraction of sp³-hybridized carbons (Fsp3) is 0.769. The summed E-state index contributed by atoms with van der Waals surface area (Å²) in [4.78, 5) is 30.3. The first-order valence-corrected chi connectivity index (χ1v) is 6.86. The zero-order valence-corrected chi connectivity index (χ0v) is 11.8. The molecule has 1 fully saturated rings. The molecule has 2 rings (SSSR count). The van der Waals surface area contributed by atoms with E-state index in [4.69, 9.17) is 0 Å². The molecule has 0 aromatic carbocycles. The number of piperazine rings is 1. The first kappa shape index (κ1) is 14.1. The molecule has 6 nitrogen and oxygen atoms in total. The summed E-state index contributed by atoms with van der Waals surface area (Å²) in [7, 11) is 0. The van der Waals surface area contributed by atoms with Gasteiger partial charge in [-0.2, -0.15) is 4.99 Å². The summed E-state index contributed by atoms with van der Waals surface area (Å²) in [6, 6.07) is 0.0195. The van der Waals surface area contributed by atoms with E-state index < -0.39 is 5.41 Å². The van der Waals surface area contributed by atoms with E-state index in [1.54, 1.807) is 13.8 Å². The molecule has 6 heteroatoms. The first-order chi connectivity index (χ1) is 8.96. The summed E-state index contributed by atoms with van der Waals surface area (Å²) < 4.78 is 0. The van der Waals surface area contributed by atoms with Crippen LogP contribution in [0.5, 0.6) is 0 Å². The van der Waals surface area contributed by atoms with Crippen molar-refractivity contribution in [3.8, 4) is 0 Å². The summed E-state index contributed by atoms with van der Waals surface area (Å²) in [6.45, 7) is 8.93. The number of carbonyl (C=O) groups is 2. The monoisotopic (exact) mass is 266 g/mol. The van der Waals surface area contributed by atoms with Gasteiger partial charge in [-0.25, -0.2) is 0 Å². The molecule has 0 bridgehead atoms. The van der Waals surface area contributed by atoms with Gasteiger partial charge in [0.15, 0.2) is 0 Å². The predicted octanol–water partition coefficient (Wildman–Crippen LogP) is -0.249. The third-order valence-corrected chi connectivity index (χ3v) is 3.86. The summed E-state index contributed by atoms with van der Waals surface area (Å²) in [5.74, 6) is -0.0883. The summed E-state index contributed by atoms with van der Waals surface area (Å²) in [5, 5.41) is 6.10. The number of nitrogens with zero attached hydrogens (tertiary/aromatic N) is 2. The van der Waals surface area contributed by atoms with Crippen LogP contribution in [0.15, 0.2) is 4.99 Å². The zero-order chi connectivity index (χ0) is 14.0. The van der Waals surface area contributed by atoms with Gasteiger partial charge in [0.05, 0.1) is 6.04 Å². The lowest BCUT2D eigenvalue weighted by atomic mass is 9.89. The second-order valence-corrected chi connectivity index (χ2v) is 5.59. The molecule has 2 aliphatic heterocycles. The maximum Gasteiger partial charge on any atom is 0.262 e. The van der Waals surface area contributed by atoms with Crippen LogP contribution in [0, 0.1) is 5.41 Å². The number of amidine groups is 1. The minimum Gasteiger partial charge on any atom is -0.314 e. The molecule has 0 radical (unpaired) electrons. The van der Waals surface area contributed by atoms with Gasteiger partial charge < -0.3 is 10.6 Å².